The molecular weight excluding hydrogens is 134 g/mol. The molecule has 0 spiro atoms. The zero-order valence-corrected chi connectivity index (χ0v) is 5.48. The van der Waals surface area contributed by atoms with E-state index in [-0.39, 0.29) is 0 Å². The molecule has 1 aliphatic rings. The minimum absolute atomic E-state index is 0.437. The van der Waals surface area contributed by atoms with Crippen molar-refractivity contribution in [3.8, 4) is 0 Å². The molecule has 1 heterocycles. The number of nitrogens with zero attached hydrogens (tertiary/aromatic N) is 1. The first-order valence-electron chi connectivity index (χ1n) is 2.76. The van der Waals surface area contributed by atoms with E-state index in [0.717, 1.165) is 0 Å². The molecule has 10 heavy (non-hydrogen) atoms. The van der Waals surface area contributed by atoms with Crippen molar-refractivity contribution >= 4 is 12.2 Å². The van der Waals surface area contributed by atoms with Crippen molar-refractivity contribution in [1.82, 2.24) is 0 Å². The lowest BCUT2D eigenvalue weighted by atomic mass is 10.4. The first-order chi connectivity index (χ1) is 4.84. The molecule has 1 rings (SSSR count). The number of rotatable bonds is 1. The molecule has 0 aliphatic carbocycles. The summed E-state index contributed by atoms with van der Waals surface area (Å²) in [4.78, 5) is 14.4. The largest absolute Gasteiger partial charge is 0.479 e. The highest BCUT2D eigenvalue weighted by atomic mass is 16.6. The number of carbonyl (C=O) groups is 1. The molecule has 0 radical (unpaired) electrons. The van der Waals surface area contributed by atoms with Gasteiger partial charge in [0.2, 0.25) is 6.10 Å². The summed E-state index contributed by atoms with van der Waals surface area (Å²) in [6, 6.07) is 0. The summed E-state index contributed by atoms with van der Waals surface area (Å²) in [7, 11) is 1.30. The third-order valence-corrected chi connectivity index (χ3v) is 1.03. The SMILES string of the molecule is COC(=O)C1C=NC=CO1. The van der Waals surface area contributed by atoms with Crippen LogP contribution in [0.5, 0.6) is 0 Å². The predicted octanol–water partition coefficient (Wildman–Crippen LogP) is 0.100. The van der Waals surface area contributed by atoms with Crippen LogP contribution in [0.3, 0.4) is 0 Å². The van der Waals surface area contributed by atoms with Gasteiger partial charge < -0.3 is 9.47 Å². The van der Waals surface area contributed by atoms with Crippen LogP contribution in [0, 0.1) is 0 Å². The minimum Gasteiger partial charge on any atom is -0.479 e. The fraction of sp³-hybridized carbons (Fsp3) is 0.333. The Bertz CT molecular complexity index is 185. The van der Waals surface area contributed by atoms with Gasteiger partial charge >= 0.3 is 5.97 Å². The average Bonchev–Trinajstić information content (AvgIpc) is 2.05. The van der Waals surface area contributed by atoms with E-state index < -0.39 is 12.1 Å². The molecule has 0 aromatic rings. The molecule has 0 saturated heterocycles. The van der Waals surface area contributed by atoms with Crippen molar-refractivity contribution < 1.29 is 14.3 Å². The van der Waals surface area contributed by atoms with Gasteiger partial charge in [0.1, 0.15) is 6.26 Å². The fourth-order valence-electron chi connectivity index (χ4n) is 0.550. The van der Waals surface area contributed by atoms with Gasteiger partial charge in [-0.3, -0.25) is 4.99 Å². The molecule has 0 N–H and O–H groups in total. The lowest BCUT2D eigenvalue weighted by molar-refractivity contribution is -0.146. The first-order valence-corrected chi connectivity index (χ1v) is 2.76. The zero-order valence-electron chi connectivity index (χ0n) is 5.48. The van der Waals surface area contributed by atoms with Crippen molar-refractivity contribution in [1.29, 1.82) is 0 Å². The topological polar surface area (TPSA) is 47.9 Å². The van der Waals surface area contributed by atoms with E-state index in [1.54, 1.807) is 0 Å². The van der Waals surface area contributed by atoms with Crippen LogP contribution in [-0.2, 0) is 14.3 Å². The van der Waals surface area contributed by atoms with Crippen molar-refractivity contribution in [2.45, 2.75) is 6.10 Å². The van der Waals surface area contributed by atoms with Crippen LogP contribution in [-0.4, -0.2) is 25.4 Å². The quantitative estimate of drug-likeness (QED) is 0.486. The smallest absolute Gasteiger partial charge is 0.352 e. The third kappa shape index (κ3) is 1.34. The molecule has 0 bridgehead atoms. The molecule has 1 atom stereocenters. The second-order valence-electron chi connectivity index (χ2n) is 1.66. The Morgan fingerprint density at radius 2 is 2.60 bits per heavy atom. The van der Waals surface area contributed by atoms with Crippen LogP contribution in [0.15, 0.2) is 17.5 Å². The molecule has 0 aromatic carbocycles. The fourth-order valence-corrected chi connectivity index (χ4v) is 0.550. The molecule has 0 amide bonds. The Labute approximate surface area is 58.2 Å². The summed E-state index contributed by atoms with van der Waals surface area (Å²) in [5.41, 5.74) is 0. The summed E-state index contributed by atoms with van der Waals surface area (Å²) < 4.78 is 9.23. The van der Waals surface area contributed by atoms with Crippen LogP contribution in [0.4, 0.5) is 0 Å². The monoisotopic (exact) mass is 141 g/mol. The number of hydrogen-bond acceptors (Lipinski definition) is 4. The van der Waals surface area contributed by atoms with Crippen LogP contribution < -0.4 is 0 Å². The molecule has 0 fully saturated rings. The standard InChI is InChI=1S/C6H7NO3/c1-9-6(8)5-4-7-2-3-10-5/h2-5H,1H3. The van der Waals surface area contributed by atoms with Gasteiger partial charge in [-0.2, -0.15) is 0 Å². The normalized spacial score (nSPS) is 21.9. The first kappa shape index (κ1) is 6.80. The van der Waals surface area contributed by atoms with E-state index in [0.29, 0.717) is 0 Å². The van der Waals surface area contributed by atoms with Gasteiger partial charge in [0.25, 0.3) is 0 Å². The summed E-state index contributed by atoms with van der Waals surface area (Å²) in [5.74, 6) is -0.437. The van der Waals surface area contributed by atoms with Crippen LogP contribution in [0.25, 0.3) is 0 Å². The van der Waals surface area contributed by atoms with E-state index in [1.807, 2.05) is 0 Å². The summed E-state index contributed by atoms with van der Waals surface area (Å²) in [5, 5.41) is 0. The molecule has 0 aromatic heterocycles. The molecule has 1 unspecified atom stereocenters. The maximum absolute atomic E-state index is 10.7. The third-order valence-electron chi connectivity index (χ3n) is 1.03. The van der Waals surface area contributed by atoms with Crippen molar-refractivity contribution in [3.63, 3.8) is 0 Å². The Balaban J connectivity index is 2.51. The molecule has 1 aliphatic heterocycles. The van der Waals surface area contributed by atoms with Crippen molar-refractivity contribution in [3.05, 3.63) is 12.5 Å². The number of esters is 1. The van der Waals surface area contributed by atoms with Crippen molar-refractivity contribution in [2.75, 3.05) is 7.11 Å². The molecule has 0 saturated carbocycles. The van der Waals surface area contributed by atoms with Crippen LogP contribution >= 0.6 is 0 Å². The van der Waals surface area contributed by atoms with E-state index >= 15 is 0 Å². The van der Waals surface area contributed by atoms with Gasteiger partial charge in [0.05, 0.1) is 19.5 Å². The van der Waals surface area contributed by atoms with Gasteiger partial charge in [-0.1, -0.05) is 0 Å². The molecule has 4 heteroatoms. The lowest BCUT2D eigenvalue weighted by Crippen LogP contribution is -2.26. The van der Waals surface area contributed by atoms with Crippen LogP contribution in [0.2, 0.25) is 0 Å². The zero-order chi connectivity index (χ0) is 7.40. The van der Waals surface area contributed by atoms with Gasteiger partial charge in [0, 0.05) is 0 Å². The second kappa shape index (κ2) is 3.00. The highest BCUT2D eigenvalue weighted by Crippen LogP contribution is 1.98. The second-order valence-corrected chi connectivity index (χ2v) is 1.66. The number of aliphatic imine (C=N–C) groups is 1. The van der Waals surface area contributed by atoms with E-state index in [2.05, 4.69) is 9.73 Å². The lowest BCUT2D eigenvalue weighted by Gasteiger charge is -2.10. The van der Waals surface area contributed by atoms with Gasteiger partial charge in [-0.05, 0) is 0 Å². The highest BCUT2D eigenvalue weighted by molar-refractivity contribution is 5.93. The summed E-state index contributed by atoms with van der Waals surface area (Å²) in [6.07, 6.45) is 3.52. The Kier molecular flexibility index (Phi) is 2.04. The van der Waals surface area contributed by atoms with Crippen LogP contribution in [0.1, 0.15) is 0 Å². The highest BCUT2D eigenvalue weighted by Gasteiger charge is 2.17. The van der Waals surface area contributed by atoms with E-state index in [1.165, 1.54) is 25.8 Å². The number of ether oxygens (including phenoxy) is 2. The van der Waals surface area contributed by atoms with Crippen molar-refractivity contribution in [2.24, 2.45) is 4.99 Å². The Morgan fingerprint density at radius 1 is 1.80 bits per heavy atom. The van der Waals surface area contributed by atoms with Gasteiger partial charge in [-0.25, -0.2) is 4.79 Å². The Hall–Kier alpha value is -1.32. The average molecular weight is 141 g/mol. The van der Waals surface area contributed by atoms with E-state index in [4.69, 9.17) is 4.74 Å². The Morgan fingerprint density at radius 3 is 3.10 bits per heavy atom. The maximum Gasteiger partial charge on any atom is 0.352 e. The maximum atomic E-state index is 10.7. The van der Waals surface area contributed by atoms with E-state index in [9.17, 15) is 4.79 Å². The molecular formula is C6H7NO3. The van der Waals surface area contributed by atoms with Gasteiger partial charge in [0.15, 0.2) is 0 Å². The molecule has 54 valence electrons. The molecule has 4 nitrogen and oxygen atoms in total. The minimum atomic E-state index is -0.671. The summed E-state index contributed by atoms with van der Waals surface area (Å²) in [6.45, 7) is 0. The number of hydrogen-bond donors (Lipinski definition) is 0. The number of carbonyl (C=O) groups excluding carboxylic acids is 1. The van der Waals surface area contributed by atoms with Gasteiger partial charge in [-0.15, -0.1) is 0 Å². The summed E-state index contributed by atoms with van der Waals surface area (Å²) >= 11 is 0. The number of methoxy groups -OCH3 is 1. The predicted molar refractivity (Wildman–Crippen MR) is 34.5 cm³/mol.